The van der Waals surface area contributed by atoms with Crippen LogP contribution in [0.4, 0.5) is 0 Å². The second kappa shape index (κ2) is 11.9. The van der Waals surface area contributed by atoms with Gasteiger partial charge in [0.25, 0.3) is 0 Å². The first-order valence-electron chi connectivity index (χ1n) is 12.9. The Balaban J connectivity index is 1.56. The molecule has 36 heavy (non-hydrogen) atoms. The van der Waals surface area contributed by atoms with Crippen molar-refractivity contribution in [3.05, 3.63) is 54.1 Å². The number of hydrogen-bond donors (Lipinski definition) is 1. The summed E-state index contributed by atoms with van der Waals surface area (Å²) in [7, 11) is 0. The maximum Gasteiger partial charge on any atom is 0.313 e. The molecule has 0 bridgehead atoms. The van der Waals surface area contributed by atoms with Gasteiger partial charge in [0.15, 0.2) is 5.82 Å². The summed E-state index contributed by atoms with van der Waals surface area (Å²) in [6.45, 7) is 5.16. The lowest BCUT2D eigenvalue weighted by molar-refractivity contribution is -0.157. The highest BCUT2D eigenvalue weighted by molar-refractivity contribution is 5.81. The van der Waals surface area contributed by atoms with E-state index in [0.29, 0.717) is 31.9 Å². The predicted octanol–water partition coefficient (Wildman–Crippen LogP) is 5.18. The Labute approximate surface area is 212 Å². The standard InChI is InChI=1S/C28H35N5O3/c1-3-5-12-25(34)33(20-28(17-8-9-18-28)27(35)36-4-2)19-21-13-15-22(16-14-21)23-10-6-7-11-24(23)26-29-31-32-30-26/h6-7,10-11,13-16H,3-5,8-9,12,17-20H2,1-2H3,(H,29,30,31,32). The Morgan fingerprint density at radius 2 is 1.75 bits per heavy atom. The van der Waals surface area contributed by atoms with Crippen molar-refractivity contribution < 1.29 is 14.3 Å². The minimum atomic E-state index is -0.595. The number of H-pyrrole nitrogens is 1. The number of hydrogen-bond acceptors (Lipinski definition) is 6. The first-order chi connectivity index (χ1) is 17.6. The zero-order chi connectivity index (χ0) is 25.4. The second-order valence-corrected chi connectivity index (χ2v) is 9.55. The maximum absolute atomic E-state index is 13.2. The second-order valence-electron chi connectivity index (χ2n) is 9.55. The van der Waals surface area contributed by atoms with Gasteiger partial charge in [-0.3, -0.25) is 9.59 Å². The fourth-order valence-corrected chi connectivity index (χ4v) is 5.07. The van der Waals surface area contributed by atoms with E-state index in [1.807, 2.05) is 36.1 Å². The number of unbranched alkanes of at least 4 members (excludes halogenated alkanes) is 1. The molecule has 8 heteroatoms. The Hall–Kier alpha value is -3.55. The quantitative estimate of drug-likeness (QED) is 0.373. The number of aromatic amines is 1. The lowest BCUT2D eigenvalue weighted by Gasteiger charge is -2.34. The summed E-state index contributed by atoms with van der Waals surface area (Å²) in [5, 5.41) is 14.3. The number of aromatic nitrogens is 4. The van der Waals surface area contributed by atoms with Gasteiger partial charge in [0, 0.05) is 25.1 Å². The molecular weight excluding hydrogens is 454 g/mol. The van der Waals surface area contributed by atoms with Gasteiger partial charge in [-0.05, 0) is 53.3 Å². The number of ether oxygens (including phenoxy) is 1. The molecule has 0 aliphatic heterocycles. The van der Waals surface area contributed by atoms with Gasteiger partial charge in [-0.15, -0.1) is 5.10 Å². The first kappa shape index (κ1) is 25.5. The van der Waals surface area contributed by atoms with Crippen LogP contribution in [0.2, 0.25) is 0 Å². The molecule has 1 aromatic heterocycles. The predicted molar refractivity (Wildman–Crippen MR) is 138 cm³/mol. The summed E-state index contributed by atoms with van der Waals surface area (Å²) in [6.07, 6.45) is 5.82. The lowest BCUT2D eigenvalue weighted by atomic mass is 9.85. The van der Waals surface area contributed by atoms with Gasteiger partial charge in [-0.1, -0.05) is 74.7 Å². The average Bonchev–Trinajstić information content (AvgIpc) is 3.61. The fourth-order valence-electron chi connectivity index (χ4n) is 5.07. The van der Waals surface area contributed by atoms with Crippen LogP contribution < -0.4 is 0 Å². The summed E-state index contributed by atoms with van der Waals surface area (Å²) in [5.41, 5.74) is 3.41. The van der Waals surface area contributed by atoms with Crippen LogP contribution >= 0.6 is 0 Å². The van der Waals surface area contributed by atoms with Crippen LogP contribution in [0, 0.1) is 5.41 Å². The highest BCUT2D eigenvalue weighted by atomic mass is 16.5. The van der Waals surface area contributed by atoms with E-state index in [9.17, 15) is 9.59 Å². The smallest absolute Gasteiger partial charge is 0.313 e. The molecule has 0 saturated heterocycles. The van der Waals surface area contributed by atoms with Crippen LogP contribution in [-0.4, -0.2) is 50.6 Å². The monoisotopic (exact) mass is 489 g/mol. The van der Waals surface area contributed by atoms with Gasteiger partial charge in [-0.25, -0.2) is 5.10 Å². The molecule has 0 spiro atoms. The van der Waals surface area contributed by atoms with Gasteiger partial charge in [0.1, 0.15) is 0 Å². The molecule has 1 fully saturated rings. The van der Waals surface area contributed by atoms with Crippen molar-refractivity contribution in [2.75, 3.05) is 13.2 Å². The molecule has 1 aliphatic rings. The minimum absolute atomic E-state index is 0.0969. The van der Waals surface area contributed by atoms with E-state index >= 15 is 0 Å². The molecule has 1 amide bonds. The van der Waals surface area contributed by atoms with Gasteiger partial charge in [-0.2, -0.15) is 0 Å². The number of nitrogens with one attached hydrogen (secondary N) is 1. The van der Waals surface area contributed by atoms with Crippen molar-refractivity contribution in [3.63, 3.8) is 0 Å². The van der Waals surface area contributed by atoms with Gasteiger partial charge in [0.2, 0.25) is 5.91 Å². The fraction of sp³-hybridized carbons (Fsp3) is 0.464. The molecule has 0 atom stereocenters. The normalized spacial score (nSPS) is 14.5. The third-order valence-electron chi connectivity index (χ3n) is 7.03. The van der Waals surface area contributed by atoms with Crippen molar-refractivity contribution >= 4 is 11.9 Å². The van der Waals surface area contributed by atoms with Gasteiger partial charge < -0.3 is 9.64 Å². The molecule has 190 valence electrons. The number of esters is 1. The molecule has 1 aliphatic carbocycles. The summed E-state index contributed by atoms with van der Waals surface area (Å²) in [6, 6.07) is 16.2. The zero-order valence-corrected chi connectivity index (χ0v) is 21.2. The lowest BCUT2D eigenvalue weighted by Crippen LogP contribution is -2.44. The summed E-state index contributed by atoms with van der Waals surface area (Å²) in [5.74, 6) is 0.549. The van der Waals surface area contributed by atoms with Crippen LogP contribution in [-0.2, 0) is 20.9 Å². The molecule has 2 aromatic carbocycles. The number of carbonyl (C=O) groups excluding carboxylic acids is 2. The van der Waals surface area contributed by atoms with Crippen molar-refractivity contribution in [2.45, 2.75) is 65.3 Å². The highest BCUT2D eigenvalue weighted by Gasteiger charge is 2.44. The van der Waals surface area contributed by atoms with Crippen molar-refractivity contribution in [1.82, 2.24) is 25.5 Å². The molecule has 4 rings (SSSR count). The summed E-state index contributed by atoms with van der Waals surface area (Å²) < 4.78 is 5.45. The number of rotatable bonds is 11. The number of tetrazole rings is 1. The van der Waals surface area contributed by atoms with Crippen LogP contribution in [0.15, 0.2) is 48.5 Å². The van der Waals surface area contributed by atoms with Crippen LogP contribution in [0.3, 0.4) is 0 Å². The van der Waals surface area contributed by atoms with E-state index in [4.69, 9.17) is 4.74 Å². The maximum atomic E-state index is 13.2. The van der Waals surface area contributed by atoms with E-state index < -0.39 is 5.41 Å². The van der Waals surface area contributed by atoms with E-state index in [1.54, 1.807) is 0 Å². The third-order valence-corrected chi connectivity index (χ3v) is 7.03. The van der Waals surface area contributed by atoms with Crippen molar-refractivity contribution in [3.8, 4) is 22.5 Å². The minimum Gasteiger partial charge on any atom is -0.466 e. The first-order valence-corrected chi connectivity index (χ1v) is 12.9. The highest BCUT2D eigenvalue weighted by Crippen LogP contribution is 2.40. The molecule has 1 saturated carbocycles. The van der Waals surface area contributed by atoms with Crippen molar-refractivity contribution in [2.24, 2.45) is 5.41 Å². The Morgan fingerprint density at radius 1 is 1.03 bits per heavy atom. The van der Waals surface area contributed by atoms with E-state index in [2.05, 4.69) is 51.8 Å². The number of carbonyl (C=O) groups is 2. The molecule has 3 aromatic rings. The third kappa shape index (κ3) is 5.80. The molecule has 0 radical (unpaired) electrons. The van der Waals surface area contributed by atoms with Gasteiger partial charge >= 0.3 is 5.97 Å². The molecule has 1 N–H and O–H groups in total. The van der Waals surface area contributed by atoms with Crippen LogP contribution in [0.5, 0.6) is 0 Å². The zero-order valence-electron chi connectivity index (χ0n) is 21.2. The number of benzene rings is 2. The molecule has 1 heterocycles. The Bertz CT molecular complexity index is 1140. The molecule has 0 unspecified atom stereocenters. The van der Waals surface area contributed by atoms with Gasteiger partial charge in [0.05, 0.1) is 12.0 Å². The molecule has 8 nitrogen and oxygen atoms in total. The Kier molecular flexibility index (Phi) is 8.46. The summed E-state index contributed by atoms with van der Waals surface area (Å²) in [4.78, 5) is 28.1. The van der Waals surface area contributed by atoms with Crippen molar-refractivity contribution in [1.29, 1.82) is 0 Å². The number of nitrogens with zero attached hydrogens (tertiary/aromatic N) is 4. The largest absolute Gasteiger partial charge is 0.466 e. The van der Waals surface area contributed by atoms with E-state index in [-0.39, 0.29) is 11.9 Å². The van der Waals surface area contributed by atoms with Crippen LogP contribution in [0.25, 0.3) is 22.5 Å². The molecular formula is C28H35N5O3. The Morgan fingerprint density at radius 3 is 2.39 bits per heavy atom. The van der Waals surface area contributed by atoms with Crippen LogP contribution in [0.1, 0.15) is 64.4 Å². The number of amides is 1. The topological polar surface area (TPSA) is 101 Å². The SMILES string of the molecule is CCCCC(=O)N(Cc1ccc(-c2ccccc2-c2nnn[nH]2)cc1)CC1(C(=O)OCC)CCCC1. The summed E-state index contributed by atoms with van der Waals surface area (Å²) >= 11 is 0. The van der Waals surface area contributed by atoms with E-state index in [1.165, 1.54) is 0 Å². The van der Waals surface area contributed by atoms with E-state index in [0.717, 1.165) is 60.8 Å². The average molecular weight is 490 g/mol.